The lowest BCUT2D eigenvalue weighted by molar-refractivity contribution is 0.100. The molecule has 0 amide bonds. The van der Waals surface area contributed by atoms with Crippen molar-refractivity contribution >= 4 is 11.3 Å². The molecular weight excluding hydrogens is 322 g/mol. The van der Waals surface area contributed by atoms with Crippen LogP contribution in [-0.4, -0.2) is 26.7 Å². The summed E-state index contributed by atoms with van der Waals surface area (Å²) in [4.78, 5) is 7.48. The third-order valence-electron chi connectivity index (χ3n) is 3.74. The van der Waals surface area contributed by atoms with Gasteiger partial charge in [0, 0.05) is 24.4 Å². The van der Waals surface area contributed by atoms with Crippen molar-refractivity contribution in [3.63, 3.8) is 0 Å². The zero-order valence-corrected chi connectivity index (χ0v) is 14.4. The Kier molecular flexibility index (Phi) is 5.74. The molecule has 126 valence electrons. The van der Waals surface area contributed by atoms with E-state index in [2.05, 4.69) is 27.2 Å². The van der Waals surface area contributed by atoms with E-state index in [9.17, 15) is 5.11 Å². The van der Waals surface area contributed by atoms with Crippen LogP contribution < -0.4 is 0 Å². The normalized spacial score (nSPS) is 12.6. The molecule has 1 atom stereocenters. The van der Waals surface area contributed by atoms with Crippen LogP contribution in [0.15, 0.2) is 52.4 Å². The lowest BCUT2D eigenvalue weighted by Crippen LogP contribution is -2.28. The molecule has 0 fully saturated rings. The molecule has 0 saturated carbocycles. The summed E-state index contributed by atoms with van der Waals surface area (Å²) in [5.74, 6) is 1.30. The Morgan fingerprint density at radius 3 is 2.67 bits per heavy atom. The second-order valence-corrected chi connectivity index (χ2v) is 6.62. The van der Waals surface area contributed by atoms with E-state index in [0.29, 0.717) is 31.3 Å². The maximum absolute atomic E-state index is 10.5. The first-order valence-corrected chi connectivity index (χ1v) is 8.91. The lowest BCUT2D eigenvalue weighted by Gasteiger charge is -2.23. The number of thiophene rings is 1. The van der Waals surface area contributed by atoms with Gasteiger partial charge in [-0.05, 0) is 17.0 Å². The van der Waals surface area contributed by atoms with E-state index in [-0.39, 0.29) is 0 Å². The van der Waals surface area contributed by atoms with E-state index >= 15 is 0 Å². The van der Waals surface area contributed by atoms with Crippen LogP contribution in [0.3, 0.4) is 0 Å². The first-order chi connectivity index (χ1) is 11.7. The van der Waals surface area contributed by atoms with Crippen molar-refractivity contribution in [1.82, 2.24) is 15.0 Å². The van der Waals surface area contributed by atoms with Crippen LogP contribution in [0.25, 0.3) is 0 Å². The van der Waals surface area contributed by atoms with E-state index in [1.54, 1.807) is 11.3 Å². The van der Waals surface area contributed by atoms with Crippen molar-refractivity contribution in [3.8, 4) is 0 Å². The van der Waals surface area contributed by atoms with Crippen LogP contribution in [0.2, 0.25) is 0 Å². The van der Waals surface area contributed by atoms with Gasteiger partial charge in [0.25, 0.3) is 0 Å². The summed E-state index contributed by atoms with van der Waals surface area (Å²) in [5, 5.41) is 16.4. The quantitative estimate of drug-likeness (QED) is 0.679. The maximum Gasteiger partial charge on any atom is 0.240 e. The van der Waals surface area contributed by atoms with Gasteiger partial charge in [0.2, 0.25) is 5.89 Å². The predicted octanol–water partition coefficient (Wildman–Crippen LogP) is 3.43. The van der Waals surface area contributed by atoms with Crippen LogP contribution >= 0.6 is 11.3 Å². The zero-order valence-electron chi connectivity index (χ0n) is 13.6. The Bertz CT molecular complexity index is 728. The van der Waals surface area contributed by atoms with Crippen LogP contribution in [0.1, 0.15) is 35.2 Å². The second-order valence-electron chi connectivity index (χ2n) is 5.64. The van der Waals surface area contributed by atoms with E-state index in [1.807, 2.05) is 42.6 Å². The van der Waals surface area contributed by atoms with Gasteiger partial charge in [-0.15, -0.1) is 11.3 Å². The van der Waals surface area contributed by atoms with Gasteiger partial charge in [-0.2, -0.15) is 4.98 Å². The molecule has 0 saturated heterocycles. The molecule has 2 aromatic heterocycles. The molecule has 1 unspecified atom stereocenters. The minimum atomic E-state index is -0.526. The maximum atomic E-state index is 10.5. The number of aliphatic hydroxyl groups is 1. The minimum absolute atomic E-state index is 0.513. The third-order valence-corrected chi connectivity index (χ3v) is 4.71. The highest BCUT2D eigenvalue weighted by molar-refractivity contribution is 7.10. The van der Waals surface area contributed by atoms with Crippen LogP contribution in [0.4, 0.5) is 0 Å². The first-order valence-electron chi connectivity index (χ1n) is 8.03. The molecule has 0 bridgehead atoms. The summed E-state index contributed by atoms with van der Waals surface area (Å²) in [6.07, 6.45) is 0.224. The molecule has 3 aromatic rings. The van der Waals surface area contributed by atoms with Crippen molar-refractivity contribution in [2.45, 2.75) is 32.5 Å². The van der Waals surface area contributed by atoms with Crippen molar-refractivity contribution in [2.24, 2.45) is 0 Å². The molecule has 1 N–H and O–H groups in total. The summed E-state index contributed by atoms with van der Waals surface area (Å²) in [6, 6.07) is 14.1. The molecule has 0 aliphatic heterocycles. The number of benzene rings is 1. The lowest BCUT2D eigenvalue weighted by atomic mass is 10.2. The summed E-state index contributed by atoms with van der Waals surface area (Å²) >= 11 is 1.57. The highest BCUT2D eigenvalue weighted by Gasteiger charge is 2.18. The minimum Gasteiger partial charge on any atom is -0.386 e. The molecule has 3 rings (SSSR count). The number of nitrogens with zero attached hydrogens (tertiary/aromatic N) is 3. The Morgan fingerprint density at radius 2 is 2.00 bits per heavy atom. The largest absolute Gasteiger partial charge is 0.386 e. The number of aliphatic hydroxyl groups excluding tert-OH is 1. The first kappa shape index (κ1) is 16.8. The van der Waals surface area contributed by atoms with Crippen molar-refractivity contribution < 1.29 is 9.63 Å². The summed E-state index contributed by atoms with van der Waals surface area (Å²) in [6.45, 7) is 3.74. The van der Waals surface area contributed by atoms with Crippen molar-refractivity contribution in [1.29, 1.82) is 0 Å². The van der Waals surface area contributed by atoms with Crippen LogP contribution in [0, 0.1) is 0 Å². The Balaban J connectivity index is 1.72. The van der Waals surface area contributed by atoms with Crippen LogP contribution in [0.5, 0.6) is 0 Å². The number of aromatic nitrogens is 2. The summed E-state index contributed by atoms with van der Waals surface area (Å²) in [7, 11) is 0. The fraction of sp³-hybridized carbons (Fsp3) is 0.333. The predicted molar refractivity (Wildman–Crippen MR) is 93.5 cm³/mol. The van der Waals surface area contributed by atoms with Gasteiger partial charge in [-0.1, -0.05) is 48.5 Å². The topological polar surface area (TPSA) is 62.4 Å². The smallest absolute Gasteiger partial charge is 0.240 e. The fourth-order valence-corrected chi connectivity index (χ4v) is 3.23. The highest BCUT2D eigenvalue weighted by atomic mass is 32.1. The van der Waals surface area contributed by atoms with Gasteiger partial charge < -0.3 is 9.63 Å². The number of rotatable bonds is 8. The van der Waals surface area contributed by atoms with E-state index < -0.39 is 6.10 Å². The molecule has 5 nitrogen and oxygen atoms in total. The molecule has 2 heterocycles. The molecule has 24 heavy (non-hydrogen) atoms. The number of hydrogen-bond acceptors (Lipinski definition) is 6. The second kappa shape index (κ2) is 8.19. The SMILES string of the molecule is CCc1noc(CN(Cc2ccccc2)CC(O)c2cccs2)n1. The third kappa shape index (κ3) is 4.50. The van der Waals surface area contributed by atoms with E-state index in [0.717, 1.165) is 11.3 Å². The fourth-order valence-electron chi connectivity index (χ4n) is 2.53. The standard InChI is InChI=1S/C18H21N3O2S/c1-2-17-19-18(23-20-17)13-21(11-14-7-4-3-5-8-14)12-15(22)16-9-6-10-24-16/h3-10,15,22H,2,11-13H2,1H3. The number of aryl methyl sites for hydroxylation is 1. The van der Waals surface area contributed by atoms with Crippen LogP contribution in [-0.2, 0) is 19.5 Å². The van der Waals surface area contributed by atoms with E-state index in [1.165, 1.54) is 5.56 Å². The molecule has 1 aromatic carbocycles. The molecule has 6 heteroatoms. The van der Waals surface area contributed by atoms with E-state index in [4.69, 9.17) is 4.52 Å². The van der Waals surface area contributed by atoms with Gasteiger partial charge in [-0.3, -0.25) is 4.90 Å². The van der Waals surface area contributed by atoms with Gasteiger partial charge >= 0.3 is 0 Å². The average Bonchev–Trinajstić information content (AvgIpc) is 3.27. The molecule has 0 aliphatic carbocycles. The van der Waals surface area contributed by atoms with Gasteiger partial charge in [0.15, 0.2) is 5.82 Å². The molecule has 0 spiro atoms. The monoisotopic (exact) mass is 343 g/mol. The number of hydrogen-bond donors (Lipinski definition) is 1. The summed E-state index contributed by atoms with van der Waals surface area (Å²) in [5.41, 5.74) is 1.19. The Hall–Kier alpha value is -2.02. The molecule has 0 radical (unpaired) electrons. The van der Waals surface area contributed by atoms with Gasteiger partial charge in [0.1, 0.15) is 6.10 Å². The molecule has 0 aliphatic rings. The Morgan fingerprint density at radius 1 is 1.17 bits per heavy atom. The molecular formula is C18H21N3O2S. The van der Waals surface area contributed by atoms with Crippen molar-refractivity contribution in [3.05, 3.63) is 70.0 Å². The van der Waals surface area contributed by atoms with Gasteiger partial charge in [-0.25, -0.2) is 0 Å². The van der Waals surface area contributed by atoms with Gasteiger partial charge in [0.05, 0.1) is 6.54 Å². The highest BCUT2D eigenvalue weighted by Crippen LogP contribution is 2.21. The zero-order chi connectivity index (χ0) is 16.8. The van der Waals surface area contributed by atoms with Crippen molar-refractivity contribution in [2.75, 3.05) is 6.54 Å². The summed E-state index contributed by atoms with van der Waals surface area (Å²) < 4.78 is 5.31. The Labute approximate surface area is 145 Å². The average molecular weight is 343 g/mol.